The Hall–Kier alpha value is -0.830. The molecule has 0 aromatic rings. The van der Waals surface area contributed by atoms with Crippen LogP contribution >= 0.6 is 0 Å². The maximum atomic E-state index is 10.8. The molecular weight excluding hydrogens is 166 g/mol. The third-order valence-corrected chi connectivity index (χ3v) is 2.05. The van der Waals surface area contributed by atoms with Crippen molar-refractivity contribution in [2.24, 2.45) is 5.73 Å². The molecule has 0 aliphatic carbocycles. The number of unbranched alkanes of at least 4 members (excludes halogenated alkanes) is 1. The van der Waals surface area contributed by atoms with Crippen LogP contribution in [0.1, 0.15) is 40.0 Å². The Morgan fingerprint density at radius 1 is 1.54 bits per heavy atom. The molecule has 3 N–H and O–H groups in total. The van der Waals surface area contributed by atoms with E-state index in [2.05, 4.69) is 6.92 Å². The third-order valence-electron chi connectivity index (χ3n) is 2.05. The van der Waals surface area contributed by atoms with Crippen LogP contribution in [0.15, 0.2) is 11.1 Å². The fraction of sp³-hybridized carbons (Fsp3) is 0.700. The molecule has 0 bridgehead atoms. The van der Waals surface area contributed by atoms with Crippen molar-refractivity contribution in [3.63, 3.8) is 0 Å². The predicted molar refractivity (Wildman–Crippen MR) is 53.5 cm³/mol. The fourth-order valence-corrected chi connectivity index (χ4v) is 1.34. The number of aliphatic carboxylic acids is 1. The normalized spacial score (nSPS) is 15.1. The second kappa shape index (κ2) is 5.75. The molecule has 3 nitrogen and oxygen atoms in total. The minimum Gasteiger partial charge on any atom is -0.478 e. The zero-order valence-corrected chi connectivity index (χ0v) is 8.63. The van der Waals surface area contributed by atoms with E-state index in [-0.39, 0.29) is 6.04 Å². The maximum absolute atomic E-state index is 10.8. The lowest BCUT2D eigenvalue weighted by Gasteiger charge is -2.11. The summed E-state index contributed by atoms with van der Waals surface area (Å²) < 4.78 is 0. The first-order chi connectivity index (χ1) is 6.00. The molecule has 1 atom stereocenters. The average molecular weight is 185 g/mol. The van der Waals surface area contributed by atoms with Crippen LogP contribution in [-0.2, 0) is 4.79 Å². The molecule has 0 spiro atoms. The molecule has 0 fully saturated rings. The number of hydrogen-bond donors (Lipinski definition) is 2. The lowest BCUT2D eigenvalue weighted by Crippen LogP contribution is -2.25. The summed E-state index contributed by atoms with van der Waals surface area (Å²) >= 11 is 0. The van der Waals surface area contributed by atoms with Crippen molar-refractivity contribution in [3.05, 3.63) is 11.1 Å². The van der Waals surface area contributed by atoms with Gasteiger partial charge >= 0.3 is 5.97 Å². The van der Waals surface area contributed by atoms with Crippen LogP contribution in [0.25, 0.3) is 0 Å². The molecule has 0 radical (unpaired) electrons. The minimum atomic E-state index is -0.886. The molecule has 0 aromatic heterocycles. The van der Waals surface area contributed by atoms with Crippen molar-refractivity contribution in [2.75, 3.05) is 0 Å². The fourth-order valence-electron chi connectivity index (χ4n) is 1.34. The van der Waals surface area contributed by atoms with E-state index in [0.29, 0.717) is 5.57 Å². The second-order valence-corrected chi connectivity index (χ2v) is 3.39. The summed E-state index contributed by atoms with van der Waals surface area (Å²) in [6, 6.07) is -0.380. The Labute approximate surface area is 79.6 Å². The predicted octanol–water partition coefficient (Wildman–Crippen LogP) is 1.92. The van der Waals surface area contributed by atoms with Crippen LogP contribution in [0, 0.1) is 0 Å². The first kappa shape index (κ1) is 12.2. The van der Waals surface area contributed by atoms with E-state index in [1.165, 1.54) is 0 Å². The number of carboxylic acid groups (broad SMARTS) is 1. The van der Waals surface area contributed by atoms with Gasteiger partial charge in [-0.05, 0) is 26.7 Å². The molecule has 0 amide bonds. The maximum Gasteiger partial charge on any atom is 0.333 e. The zero-order valence-electron chi connectivity index (χ0n) is 8.63. The lowest BCUT2D eigenvalue weighted by molar-refractivity contribution is -0.133. The van der Waals surface area contributed by atoms with E-state index in [1.54, 1.807) is 6.92 Å². The number of allylic oxidation sites excluding steroid dienone is 1. The topological polar surface area (TPSA) is 63.3 Å². The van der Waals surface area contributed by atoms with E-state index >= 15 is 0 Å². The molecule has 0 rings (SSSR count). The summed E-state index contributed by atoms with van der Waals surface area (Å²) in [5.41, 5.74) is 6.85. The summed E-state index contributed by atoms with van der Waals surface area (Å²) in [6.45, 7) is 5.64. The van der Waals surface area contributed by atoms with Crippen molar-refractivity contribution >= 4 is 5.97 Å². The molecule has 3 heteroatoms. The Morgan fingerprint density at radius 3 is 2.38 bits per heavy atom. The van der Waals surface area contributed by atoms with Crippen molar-refractivity contribution in [1.82, 2.24) is 0 Å². The van der Waals surface area contributed by atoms with Crippen LogP contribution in [0.3, 0.4) is 0 Å². The Kier molecular flexibility index (Phi) is 5.39. The Balaban J connectivity index is 4.55. The number of nitrogens with two attached hydrogens (primary N) is 1. The van der Waals surface area contributed by atoms with Gasteiger partial charge in [0.1, 0.15) is 0 Å². The van der Waals surface area contributed by atoms with Gasteiger partial charge in [0.25, 0.3) is 0 Å². The Bertz CT molecular complexity index is 207. The number of hydrogen-bond acceptors (Lipinski definition) is 2. The largest absolute Gasteiger partial charge is 0.478 e. The van der Waals surface area contributed by atoms with Gasteiger partial charge in [-0.1, -0.05) is 18.9 Å². The van der Waals surface area contributed by atoms with Crippen LogP contribution in [0.5, 0.6) is 0 Å². The van der Waals surface area contributed by atoms with Gasteiger partial charge in [0.15, 0.2) is 0 Å². The summed E-state index contributed by atoms with van der Waals surface area (Å²) in [5.74, 6) is -0.886. The number of carbonyl (C=O) groups is 1. The molecule has 1 unspecified atom stereocenters. The summed E-state index contributed by atoms with van der Waals surface area (Å²) in [4.78, 5) is 10.8. The second-order valence-electron chi connectivity index (χ2n) is 3.39. The van der Waals surface area contributed by atoms with Crippen molar-refractivity contribution in [1.29, 1.82) is 0 Å². The van der Waals surface area contributed by atoms with Crippen LogP contribution in [0.2, 0.25) is 0 Å². The van der Waals surface area contributed by atoms with Gasteiger partial charge in [-0.25, -0.2) is 4.79 Å². The molecule has 0 heterocycles. The monoisotopic (exact) mass is 185 g/mol. The van der Waals surface area contributed by atoms with E-state index in [1.807, 2.05) is 6.92 Å². The van der Waals surface area contributed by atoms with Crippen molar-refractivity contribution in [2.45, 2.75) is 46.1 Å². The van der Waals surface area contributed by atoms with E-state index < -0.39 is 5.97 Å². The Morgan fingerprint density at radius 2 is 2.08 bits per heavy atom. The van der Waals surface area contributed by atoms with E-state index in [9.17, 15) is 4.79 Å². The quantitative estimate of drug-likeness (QED) is 0.643. The third kappa shape index (κ3) is 4.08. The molecular formula is C10H19NO2. The summed E-state index contributed by atoms with van der Waals surface area (Å²) in [7, 11) is 0. The van der Waals surface area contributed by atoms with Crippen LogP contribution in [-0.4, -0.2) is 17.1 Å². The lowest BCUT2D eigenvalue weighted by atomic mass is 9.99. The van der Waals surface area contributed by atoms with Gasteiger partial charge in [-0.3, -0.25) is 0 Å². The SMILES string of the molecule is CCCCC(C)=C(C(=O)O)C(C)N. The van der Waals surface area contributed by atoms with Gasteiger partial charge in [-0.15, -0.1) is 0 Å². The molecule has 0 aliphatic rings. The van der Waals surface area contributed by atoms with Gasteiger partial charge in [0.2, 0.25) is 0 Å². The van der Waals surface area contributed by atoms with Gasteiger partial charge in [-0.2, -0.15) is 0 Å². The highest BCUT2D eigenvalue weighted by Crippen LogP contribution is 2.14. The van der Waals surface area contributed by atoms with Gasteiger partial charge in [0.05, 0.1) is 5.57 Å². The summed E-state index contributed by atoms with van der Waals surface area (Å²) in [5, 5.41) is 8.88. The van der Waals surface area contributed by atoms with E-state index in [4.69, 9.17) is 10.8 Å². The first-order valence-corrected chi connectivity index (χ1v) is 4.69. The minimum absolute atomic E-state index is 0.369. The van der Waals surface area contributed by atoms with Crippen LogP contribution in [0.4, 0.5) is 0 Å². The number of carboxylic acids is 1. The van der Waals surface area contributed by atoms with Crippen LogP contribution < -0.4 is 5.73 Å². The molecule has 0 saturated carbocycles. The highest BCUT2D eigenvalue weighted by molar-refractivity contribution is 5.88. The highest BCUT2D eigenvalue weighted by Gasteiger charge is 2.14. The zero-order chi connectivity index (χ0) is 10.4. The van der Waals surface area contributed by atoms with E-state index in [0.717, 1.165) is 24.8 Å². The van der Waals surface area contributed by atoms with Gasteiger partial charge in [0, 0.05) is 6.04 Å². The summed E-state index contributed by atoms with van der Waals surface area (Å²) in [6.07, 6.45) is 2.93. The standard InChI is InChI=1S/C10H19NO2/c1-4-5-6-7(2)9(8(3)11)10(12)13/h8H,4-6,11H2,1-3H3,(H,12,13). The first-order valence-electron chi connectivity index (χ1n) is 4.69. The average Bonchev–Trinajstić information content (AvgIpc) is 1.99. The molecule has 13 heavy (non-hydrogen) atoms. The van der Waals surface area contributed by atoms with Crippen molar-refractivity contribution < 1.29 is 9.90 Å². The molecule has 0 aliphatic heterocycles. The molecule has 0 aromatic carbocycles. The smallest absolute Gasteiger partial charge is 0.333 e. The highest BCUT2D eigenvalue weighted by atomic mass is 16.4. The molecule has 76 valence electrons. The number of rotatable bonds is 5. The van der Waals surface area contributed by atoms with Gasteiger partial charge < -0.3 is 10.8 Å². The van der Waals surface area contributed by atoms with Crippen molar-refractivity contribution in [3.8, 4) is 0 Å². The molecule has 0 saturated heterocycles.